The van der Waals surface area contributed by atoms with Gasteiger partial charge in [0.25, 0.3) is 5.91 Å². The van der Waals surface area contributed by atoms with Gasteiger partial charge in [-0.2, -0.15) is 0 Å². The van der Waals surface area contributed by atoms with Crippen LogP contribution in [0.5, 0.6) is 5.75 Å². The molecule has 0 fully saturated rings. The van der Waals surface area contributed by atoms with E-state index < -0.39 is 6.10 Å². The molecule has 1 amide bonds. The highest BCUT2D eigenvalue weighted by molar-refractivity contribution is 5.96. The molecule has 0 aliphatic heterocycles. The normalized spacial score (nSPS) is 14.7. The van der Waals surface area contributed by atoms with E-state index in [0.29, 0.717) is 0 Å². The summed E-state index contributed by atoms with van der Waals surface area (Å²) in [6.07, 6.45) is 4.08. The monoisotopic (exact) mass is 309 g/mol. The molecule has 0 bridgehead atoms. The number of hydrogen-bond acceptors (Lipinski definition) is 2. The van der Waals surface area contributed by atoms with E-state index in [-0.39, 0.29) is 5.91 Å². The molecular weight excluding hydrogens is 286 g/mol. The predicted molar refractivity (Wildman–Crippen MR) is 93.0 cm³/mol. The van der Waals surface area contributed by atoms with Crippen molar-refractivity contribution < 1.29 is 9.53 Å². The average molecular weight is 309 g/mol. The fourth-order valence-corrected chi connectivity index (χ4v) is 3.15. The van der Waals surface area contributed by atoms with Crippen molar-refractivity contribution in [3.05, 3.63) is 59.7 Å². The van der Waals surface area contributed by atoms with Gasteiger partial charge in [-0.25, -0.2) is 0 Å². The fourth-order valence-electron chi connectivity index (χ4n) is 3.15. The summed E-state index contributed by atoms with van der Waals surface area (Å²) >= 11 is 0. The minimum atomic E-state index is -0.506. The van der Waals surface area contributed by atoms with E-state index >= 15 is 0 Å². The number of carbonyl (C=O) groups is 1. The van der Waals surface area contributed by atoms with Crippen LogP contribution in [-0.4, -0.2) is 19.1 Å². The maximum Gasteiger partial charge on any atom is 0.267 e. The number of likely N-dealkylation sites (N-methyl/N-ethyl adjacent to an activating group) is 1. The van der Waals surface area contributed by atoms with Gasteiger partial charge in [0.05, 0.1) is 0 Å². The third-order valence-corrected chi connectivity index (χ3v) is 4.48. The van der Waals surface area contributed by atoms with Crippen LogP contribution in [0.2, 0.25) is 0 Å². The molecular formula is C20H23NO2. The Balaban J connectivity index is 1.74. The first-order chi connectivity index (χ1) is 11.2. The van der Waals surface area contributed by atoms with Gasteiger partial charge < -0.3 is 9.64 Å². The Morgan fingerprint density at radius 3 is 2.57 bits per heavy atom. The van der Waals surface area contributed by atoms with Crippen LogP contribution in [0, 0.1) is 0 Å². The summed E-state index contributed by atoms with van der Waals surface area (Å²) in [5.41, 5.74) is 3.52. The minimum Gasteiger partial charge on any atom is -0.481 e. The van der Waals surface area contributed by atoms with Crippen LogP contribution in [-0.2, 0) is 17.6 Å². The number of hydrogen-bond donors (Lipinski definition) is 0. The van der Waals surface area contributed by atoms with Crippen LogP contribution in [0.25, 0.3) is 0 Å². The van der Waals surface area contributed by atoms with Crippen LogP contribution in [0.1, 0.15) is 30.9 Å². The first-order valence-electron chi connectivity index (χ1n) is 8.27. The van der Waals surface area contributed by atoms with Crippen LogP contribution in [0.4, 0.5) is 5.69 Å². The Kier molecular flexibility index (Phi) is 4.65. The van der Waals surface area contributed by atoms with Gasteiger partial charge in [-0.15, -0.1) is 0 Å². The highest BCUT2D eigenvalue weighted by Crippen LogP contribution is 2.30. The van der Waals surface area contributed by atoms with Crippen molar-refractivity contribution in [2.24, 2.45) is 0 Å². The number of ether oxygens (including phenoxy) is 1. The summed E-state index contributed by atoms with van der Waals surface area (Å²) in [5, 5.41) is 0. The molecule has 3 heteroatoms. The van der Waals surface area contributed by atoms with E-state index in [1.165, 1.54) is 24.0 Å². The lowest BCUT2D eigenvalue weighted by Crippen LogP contribution is -2.38. The molecule has 0 aromatic heterocycles. The van der Waals surface area contributed by atoms with E-state index in [0.717, 1.165) is 24.3 Å². The number of fused-ring (bicyclic) bond motifs is 1. The maximum atomic E-state index is 12.6. The Morgan fingerprint density at radius 2 is 1.78 bits per heavy atom. The zero-order chi connectivity index (χ0) is 16.2. The molecule has 0 radical (unpaired) electrons. The van der Waals surface area contributed by atoms with E-state index in [9.17, 15) is 4.79 Å². The zero-order valence-corrected chi connectivity index (χ0v) is 13.8. The van der Waals surface area contributed by atoms with Crippen LogP contribution in [0.3, 0.4) is 0 Å². The molecule has 0 heterocycles. The summed E-state index contributed by atoms with van der Waals surface area (Å²) in [5.74, 6) is 0.828. The number of rotatable bonds is 4. The lowest BCUT2D eigenvalue weighted by atomic mass is 9.91. The van der Waals surface area contributed by atoms with Crippen molar-refractivity contribution in [2.45, 2.75) is 38.7 Å². The largest absolute Gasteiger partial charge is 0.481 e. The molecule has 3 rings (SSSR count). The van der Waals surface area contributed by atoms with Gasteiger partial charge in [-0.05, 0) is 61.9 Å². The molecule has 0 saturated heterocycles. The molecule has 1 atom stereocenters. The van der Waals surface area contributed by atoms with Gasteiger partial charge in [-0.3, -0.25) is 4.79 Å². The topological polar surface area (TPSA) is 29.5 Å². The number of benzene rings is 2. The number of para-hydroxylation sites is 1. The molecule has 0 saturated carbocycles. The molecule has 2 aromatic carbocycles. The molecule has 3 nitrogen and oxygen atoms in total. The molecule has 120 valence electrons. The van der Waals surface area contributed by atoms with Gasteiger partial charge in [0.1, 0.15) is 5.75 Å². The minimum absolute atomic E-state index is 0.0374. The van der Waals surface area contributed by atoms with Crippen LogP contribution in [0.15, 0.2) is 48.5 Å². The molecule has 1 aliphatic rings. The Labute approximate surface area is 137 Å². The Morgan fingerprint density at radius 1 is 1.04 bits per heavy atom. The van der Waals surface area contributed by atoms with E-state index in [1.807, 2.05) is 49.4 Å². The summed E-state index contributed by atoms with van der Waals surface area (Å²) in [4.78, 5) is 14.3. The van der Waals surface area contributed by atoms with E-state index in [2.05, 4.69) is 6.07 Å². The van der Waals surface area contributed by atoms with Gasteiger partial charge in [0.15, 0.2) is 6.10 Å². The summed E-state index contributed by atoms with van der Waals surface area (Å²) in [6, 6.07) is 15.8. The number of carbonyl (C=O) groups excluding carboxylic acids is 1. The van der Waals surface area contributed by atoms with Gasteiger partial charge in [0.2, 0.25) is 0 Å². The molecule has 2 aromatic rings. The number of aryl methyl sites for hydroxylation is 1. The molecule has 0 spiro atoms. The molecule has 1 aliphatic carbocycles. The van der Waals surface area contributed by atoms with Crippen LogP contribution >= 0.6 is 0 Å². The van der Waals surface area contributed by atoms with E-state index in [1.54, 1.807) is 11.9 Å². The third-order valence-electron chi connectivity index (χ3n) is 4.48. The summed E-state index contributed by atoms with van der Waals surface area (Å²) < 4.78 is 6.03. The third kappa shape index (κ3) is 3.39. The second-order valence-electron chi connectivity index (χ2n) is 6.09. The van der Waals surface area contributed by atoms with Crippen molar-refractivity contribution in [3.8, 4) is 5.75 Å². The quantitative estimate of drug-likeness (QED) is 0.854. The van der Waals surface area contributed by atoms with Gasteiger partial charge in [-0.1, -0.05) is 30.3 Å². The SMILES string of the molecule is C[C@H](Oc1cccc2c1CCCC2)C(=O)N(C)c1ccccc1. The van der Waals surface area contributed by atoms with Gasteiger partial charge in [0, 0.05) is 12.7 Å². The van der Waals surface area contributed by atoms with Crippen LogP contribution < -0.4 is 9.64 Å². The summed E-state index contributed by atoms with van der Waals surface area (Å²) in [6.45, 7) is 1.82. The predicted octanol–water partition coefficient (Wildman–Crippen LogP) is 4.00. The second-order valence-corrected chi connectivity index (χ2v) is 6.09. The molecule has 0 N–H and O–H groups in total. The second kappa shape index (κ2) is 6.86. The van der Waals surface area contributed by atoms with Crippen molar-refractivity contribution in [1.29, 1.82) is 0 Å². The number of amides is 1. The van der Waals surface area contributed by atoms with Crippen molar-refractivity contribution in [3.63, 3.8) is 0 Å². The molecule has 23 heavy (non-hydrogen) atoms. The Bertz CT molecular complexity index is 681. The van der Waals surface area contributed by atoms with Gasteiger partial charge >= 0.3 is 0 Å². The van der Waals surface area contributed by atoms with E-state index in [4.69, 9.17) is 4.74 Å². The average Bonchev–Trinajstić information content (AvgIpc) is 2.61. The number of anilines is 1. The standard InChI is InChI=1S/C20H23NO2/c1-15(20(22)21(2)17-11-4-3-5-12-17)23-19-14-8-10-16-9-6-7-13-18(16)19/h3-5,8,10-12,14-15H,6-7,9,13H2,1-2H3/t15-/m0/s1. The number of nitrogens with zero attached hydrogens (tertiary/aromatic N) is 1. The first-order valence-corrected chi connectivity index (χ1v) is 8.27. The summed E-state index contributed by atoms with van der Waals surface area (Å²) in [7, 11) is 1.79. The lowest BCUT2D eigenvalue weighted by molar-refractivity contribution is -0.124. The van der Waals surface area contributed by atoms with Crippen molar-refractivity contribution >= 4 is 11.6 Å². The maximum absolute atomic E-state index is 12.6. The smallest absolute Gasteiger partial charge is 0.267 e. The fraction of sp³-hybridized carbons (Fsp3) is 0.350. The Hall–Kier alpha value is -2.29. The highest BCUT2D eigenvalue weighted by atomic mass is 16.5. The lowest BCUT2D eigenvalue weighted by Gasteiger charge is -2.25. The highest BCUT2D eigenvalue weighted by Gasteiger charge is 2.22. The zero-order valence-electron chi connectivity index (χ0n) is 13.8. The van der Waals surface area contributed by atoms with Crippen molar-refractivity contribution in [1.82, 2.24) is 0 Å². The molecule has 0 unspecified atom stereocenters. The van der Waals surface area contributed by atoms with Crippen molar-refractivity contribution in [2.75, 3.05) is 11.9 Å². The first kappa shape index (κ1) is 15.6.